The SMILES string of the molecule is CC/C=C\C/C=C\C/C=C\C/C=C\CCCCCCCCCCCCCCCOCC(COC1OC(COC2OC(CO)C(O)C(O)C2O)C(O)C(O)C1O)OC(=O)CCCCCCCCCCC/C=C\C/C=C\CCCCC. The number of unbranched alkanes of at least 4 members (excludes halogenated alkanes) is 25. The topological polar surface area (TPSA) is 214 Å². The van der Waals surface area contributed by atoms with Crippen LogP contribution in [0.1, 0.15) is 232 Å². The Kier molecular flexibility index (Phi) is 46.9. The minimum absolute atomic E-state index is 0.0570. The van der Waals surface area contributed by atoms with Crippen molar-refractivity contribution in [1.82, 2.24) is 0 Å². The van der Waals surface area contributed by atoms with Gasteiger partial charge in [0.1, 0.15) is 54.9 Å². The zero-order chi connectivity index (χ0) is 57.2. The summed E-state index contributed by atoms with van der Waals surface area (Å²) in [6, 6.07) is 0. The van der Waals surface area contributed by atoms with Gasteiger partial charge in [-0.1, -0.05) is 215 Å². The van der Waals surface area contributed by atoms with Gasteiger partial charge >= 0.3 is 5.97 Å². The molecule has 2 rings (SSSR count). The molecule has 0 saturated carbocycles. The molecule has 2 aliphatic heterocycles. The maximum Gasteiger partial charge on any atom is 0.306 e. The van der Waals surface area contributed by atoms with Gasteiger partial charge in [-0.3, -0.25) is 4.79 Å². The van der Waals surface area contributed by atoms with E-state index in [1.54, 1.807) is 0 Å². The Balaban J connectivity index is 1.67. The van der Waals surface area contributed by atoms with Crippen molar-refractivity contribution < 1.29 is 69.0 Å². The van der Waals surface area contributed by atoms with Crippen LogP contribution < -0.4 is 0 Å². The van der Waals surface area contributed by atoms with Crippen molar-refractivity contribution in [2.75, 3.05) is 33.0 Å². The summed E-state index contributed by atoms with van der Waals surface area (Å²) in [5, 5.41) is 72.5. The van der Waals surface area contributed by atoms with Crippen molar-refractivity contribution in [3.63, 3.8) is 0 Å². The highest BCUT2D eigenvalue weighted by Crippen LogP contribution is 2.27. The second-order valence-electron chi connectivity index (χ2n) is 21.8. The Hall–Kier alpha value is -2.57. The molecule has 11 unspecified atom stereocenters. The third-order valence-electron chi connectivity index (χ3n) is 14.7. The minimum Gasteiger partial charge on any atom is -0.457 e. The van der Waals surface area contributed by atoms with Crippen molar-refractivity contribution in [3.05, 3.63) is 72.9 Å². The number of aliphatic hydroxyl groups excluding tert-OH is 7. The second-order valence-corrected chi connectivity index (χ2v) is 21.8. The number of carbonyl (C=O) groups is 1. The molecule has 0 aromatic carbocycles. The van der Waals surface area contributed by atoms with Gasteiger partial charge in [-0.2, -0.15) is 0 Å². The summed E-state index contributed by atoms with van der Waals surface area (Å²) in [6.45, 7) is 3.57. The van der Waals surface area contributed by atoms with Crippen molar-refractivity contribution in [3.8, 4) is 0 Å². The van der Waals surface area contributed by atoms with E-state index >= 15 is 0 Å². The lowest BCUT2D eigenvalue weighted by atomic mass is 9.98. The monoisotopic (exact) mass is 1120 g/mol. The third-order valence-corrected chi connectivity index (χ3v) is 14.7. The van der Waals surface area contributed by atoms with Gasteiger partial charge in [-0.05, 0) is 83.5 Å². The molecule has 2 heterocycles. The number of carbonyl (C=O) groups excluding carboxylic acids is 1. The van der Waals surface area contributed by atoms with Gasteiger partial charge in [0, 0.05) is 13.0 Å². The van der Waals surface area contributed by atoms with Crippen LogP contribution in [0.3, 0.4) is 0 Å². The zero-order valence-electron chi connectivity index (χ0n) is 49.3. The number of allylic oxidation sites excluding steroid dienone is 12. The Morgan fingerprint density at radius 2 is 0.823 bits per heavy atom. The lowest BCUT2D eigenvalue weighted by Gasteiger charge is -2.42. The van der Waals surface area contributed by atoms with Gasteiger partial charge in [-0.25, -0.2) is 0 Å². The number of rotatable bonds is 51. The van der Waals surface area contributed by atoms with Crippen LogP contribution in [0.15, 0.2) is 72.9 Å². The van der Waals surface area contributed by atoms with E-state index in [0.717, 1.165) is 77.0 Å². The molecule has 2 aliphatic rings. The van der Waals surface area contributed by atoms with Crippen molar-refractivity contribution in [2.24, 2.45) is 0 Å². The molecule has 2 fully saturated rings. The van der Waals surface area contributed by atoms with E-state index < -0.39 is 80.7 Å². The first-order valence-electron chi connectivity index (χ1n) is 31.5. The maximum absolute atomic E-state index is 13.1. The molecule has 0 radical (unpaired) electrons. The summed E-state index contributed by atoms with van der Waals surface area (Å²) in [5.74, 6) is -0.380. The smallest absolute Gasteiger partial charge is 0.306 e. The van der Waals surface area contributed by atoms with Crippen LogP contribution in [0.2, 0.25) is 0 Å². The fourth-order valence-electron chi connectivity index (χ4n) is 9.66. The molecule has 0 amide bonds. The number of ether oxygens (including phenoxy) is 6. The van der Waals surface area contributed by atoms with E-state index in [1.807, 2.05) is 0 Å². The summed E-state index contributed by atoms with van der Waals surface area (Å²) in [6.07, 6.45) is 49.6. The largest absolute Gasteiger partial charge is 0.457 e. The molecule has 79 heavy (non-hydrogen) atoms. The van der Waals surface area contributed by atoms with Gasteiger partial charge in [0.2, 0.25) is 0 Å². The van der Waals surface area contributed by atoms with E-state index in [-0.39, 0.29) is 25.6 Å². The van der Waals surface area contributed by atoms with Crippen molar-refractivity contribution in [1.29, 1.82) is 0 Å². The lowest BCUT2D eigenvalue weighted by molar-refractivity contribution is -0.332. The summed E-state index contributed by atoms with van der Waals surface area (Å²) in [4.78, 5) is 13.1. The predicted molar refractivity (Wildman–Crippen MR) is 316 cm³/mol. The molecule has 0 aromatic rings. The van der Waals surface area contributed by atoms with Gasteiger partial charge < -0.3 is 64.2 Å². The highest BCUT2D eigenvalue weighted by molar-refractivity contribution is 5.69. The highest BCUT2D eigenvalue weighted by Gasteiger charge is 2.47. The fourth-order valence-corrected chi connectivity index (χ4v) is 9.66. The quantitative estimate of drug-likeness (QED) is 0.0172. The number of hydrogen-bond donors (Lipinski definition) is 7. The summed E-state index contributed by atoms with van der Waals surface area (Å²) >= 11 is 0. The fraction of sp³-hybridized carbons (Fsp3) is 0.800. The molecular weight excluding hydrogens is 1000 g/mol. The standard InChI is InChI=1S/C65H114O14/c1-3-5-7-9-11-13-15-17-19-21-23-24-25-26-27-28-29-31-33-35-37-39-41-43-45-47-49-74-51-54(77-57(67)48-46-44-42-40-38-36-34-32-30-22-20-18-16-14-12-10-8-6-4-2)52-75-64-63(73)61(71)59(69)56(79-64)53-76-65-62(72)60(70)58(68)55(50-66)78-65/h5,7,11-14,17-20,23-24,54-56,58-66,68-73H,3-4,6,8-10,15-16,21-22,25-53H2,1-2H3/b7-5-,13-11-,14-12-,19-17-,20-18-,24-23-. The summed E-state index contributed by atoms with van der Waals surface area (Å²) in [5.41, 5.74) is 0. The Bertz CT molecular complexity index is 1580. The third kappa shape index (κ3) is 37.3. The molecule has 7 N–H and O–H groups in total. The summed E-state index contributed by atoms with van der Waals surface area (Å²) in [7, 11) is 0. The Morgan fingerprint density at radius 3 is 1.29 bits per heavy atom. The van der Waals surface area contributed by atoms with E-state index in [0.29, 0.717) is 13.0 Å². The number of esters is 1. The van der Waals surface area contributed by atoms with E-state index in [1.165, 1.54) is 128 Å². The first-order valence-corrected chi connectivity index (χ1v) is 31.5. The van der Waals surface area contributed by atoms with Crippen LogP contribution in [-0.2, 0) is 33.2 Å². The van der Waals surface area contributed by atoms with Gasteiger partial charge in [0.25, 0.3) is 0 Å². The molecule has 14 heteroatoms. The van der Waals surface area contributed by atoms with Crippen LogP contribution in [0.25, 0.3) is 0 Å². The molecule has 14 nitrogen and oxygen atoms in total. The van der Waals surface area contributed by atoms with Crippen LogP contribution >= 0.6 is 0 Å². The first-order chi connectivity index (χ1) is 38.6. The molecule has 0 aliphatic carbocycles. The van der Waals surface area contributed by atoms with Gasteiger partial charge in [0.15, 0.2) is 12.6 Å². The van der Waals surface area contributed by atoms with Crippen LogP contribution in [0.5, 0.6) is 0 Å². The molecule has 0 spiro atoms. The van der Waals surface area contributed by atoms with Crippen LogP contribution in [0, 0.1) is 0 Å². The predicted octanol–water partition coefficient (Wildman–Crippen LogP) is 12.2. The molecule has 458 valence electrons. The van der Waals surface area contributed by atoms with Crippen LogP contribution in [0.4, 0.5) is 0 Å². The van der Waals surface area contributed by atoms with Gasteiger partial charge in [-0.15, -0.1) is 0 Å². The molecule has 0 bridgehead atoms. The molecular formula is C65H114O14. The average molecular weight is 1120 g/mol. The second kappa shape index (κ2) is 51.1. The van der Waals surface area contributed by atoms with Crippen LogP contribution in [-0.4, -0.2) is 142 Å². The number of aliphatic hydroxyl groups is 7. The Labute approximate surface area is 478 Å². The lowest BCUT2D eigenvalue weighted by Crippen LogP contribution is -2.61. The number of hydrogen-bond acceptors (Lipinski definition) is 14. The first kappa shape index (κ1) is 72.5. The average Bonchev–Trinajstić information content (AvgIpc) is 3.46. The van der Waals surface area contributed by atoms with Crippen molar-refractivity contribution >= 4 is 5.97 Å². The highest BCUT2D eigenvalue weighted by atomic mass is 16.7. The molecule has 11 atom stereocenters. The Morgan fingerprint density at radius 1 is 0.430 bits per heavy atom. The van der Waals surface area contributed by atoms with Crippen molar-refractivity contribution in [2.45, 2.75) is 300 Å². The molecule has 0 aromatic heterocycles. The maximum atomic E-state index is 13.1. The van der Waals surface area contributed by atoms with E-state index in [9.17, 15) is 40.5 Å². The summed E-state index contributed by atoms with van der Waals surface area (Å²) < 4.78 is 34.5. The normalized spacial score (nSPS) is 24.5. The van der Waals surface area contributed by atoms with Gasteiger partial charge in [0.05, 0.1) is 26.4 Å². The zero-order valence-corrected chi connectivity index (χ0v) is 49.3. The van der Waals surface area contributed by atoms with E-state index in [2.05, 4.69) is 86.8 Å². The minimum atomic E-state index is -1.71. The van der Waals surface area contributed by atoms with E-state index in [4.69, 9.17) is 28.4 Å². The molecule has 2 saturated heterocycles.